The number of nitrogens with zero attached hydrogens (tertiary/aromatic N) is 1. The molecule has 4 rings (SSSR count). The molecule has 4 aromatic rings. The van der Waals surface area contributed by atoms with Gasteiger partial charge in [0, 0.05) is 23.7 Å². The summed E-state index contributed by atoms with van der Waals surface area (Å²) in [5.74, 6) is 0. The third-order valence-electron chi connectivity index (χ3n) is 6.16. The highest BCUT2D eigenvalue weighted by atomic mass is 16.2. The van der Waals surface area contributed by atoms with Gasteiger partial charge in [-0.25, -0.2) is 0 Å². The molecule has 0 fully saturated rings. The Balaban J connectivity index is 1.74. The standard InChI is InChI=1S/C30H31NO/c1-21-5-16-30(24(4)19-21)31(29-13-6-22(2)23(3)20-29)28-14-11-27(12-15-28)26-9-7-25(8-10-26)17-18-32/h5-16,19-20,32H,17-18H2,1-4H3. The quantitative estimate of drug-likeness (QED) is 0.347. The van der Waals surface area contributed by atoms with Gasteiger partial charge in [-0.2, -0.15) is 0 Å². The molecule has 0 saturated heterocycles. The lowest BCUT2D eigenvalue weighted by Gasteiger charge is -2.28. The highest BCUT2D eigenvalue weighted by Gasteiger charge is 2.15. The van der Waals surface area contributed by atoms with E-state index in [1.165, 1.54) is 44.8 Å². The molecule has 2 nitrogen and oxygen atoms in total. The molecule has 0 aliphatic carbocycles. The number of aliphatic hydroxyl groups is 1. The van der Waals surface area contributed by atoms with Gasteiger partial charge in [0.05, 0.1) is 0 Å². The molecule has 0 aliphatic heterocycles. The number of anilines is 3. The molecule has 0 radical (unpaired) electrons. The summed E-state index contributed by atoms with van der Waals surface area (Å²) >= 11 is 0. The van der Waals surface area contributed by atoms with Crippen molar-refractivity contribution in [3.05, 3.63) is 113 Å². The zero-order chi connectivity index (χ0) is 22.7. The van der Waals surface area contributed by atoms with Crippen LogP contribution in [0.15, 0.2) is 84.9 Å². The van der Waals surface area contributed by atoms with E-state index < -0.39 is 0 Å². The van der Waals surface area contributed by atoms with E-state index in [2.05, 4.69) is 118 Å². The van der Waals surface area contributed by atoms with Crippen LogP contribution >= 0.6 is 0 Å². The molecular formula is C30H31NO. The average molecular weight is 422 g/mol. The van der Waals surface area contributed by atoms with Crippen LogP contribution in [-0.2, 0) is 6.42 Å². The number of hydrogen-bond donors (Lipinski definition) is 1. The first kappa shape index (κ1) is 21.9. The van der Waals surface area contributed by atoms with E-state index in [-0.39, 0.29) is 6.61 Å². The summed E-state index contributed by atoms with van der Waals surface area (Å²) in [4.78, 5) is 2.34. The molecule has 4 aromatic carbocycles. The second kappa shape index (κ2) is 9.42. The third-order valence-corrected chi connectivity index (χ3v) is 6.16. The van der Waals surface area contributed by atoms with Gasteiger partial charge in [-0.3, -0.25) is 0 Å². The molecule has 0 saturated carbocycles. The lowest BCUT2D eigenvalue weighted by molar-refractivity contribution is 0.299. The van der Waals surface area contributed by atoms with Crippen molar-refractivity contribution in [3.63, 3.8) is 0 Å². The van der Waals surface area contributed by atoms with Crippen molar-refractivity contribution in [1.82, 2.24) is 0 Å². The second-order valence-corrected chi connectivity index (χ2v) is 8.61. The first-order chi connectivity index (χ1) is 15.5. The highest BCUT2D eigenvalue weighted by molar-refractivity contribution is 5.80. The Bertz CT molecular complexity index is 1210. The van der Waals surface area contributed by atoms with Crippen molar-refractivity contribution in [2.24, 2.45) is 0 Å². The van der Waals surface area contributed by atoms with Gasteiger partial charge < -0.3 is 10.0 Å². The molecule has 0 heterocycles. The molecule has 0 aromatic heterocycles. The largest absolute Gasteiger partial charge is 0.396 e. The van der Waals surface area contributed by atoms with Gasteiger partial charge in [0.25, 0.3) is 0 Å². The van der Waals surface area contributed by atoms with Gasteiger partial charge in [-0.05, 0) is 97.8 Å². The number of benzene rings is 4. The van der Waals surface area contributed by atoms with E-state index in [9.17, 15) is 0 Å². The SMILES string of the molecule is Cc1ccc(N(c2ccc(-c3ccc(CCO)cc3)cc2)c2ccc(C)c(C)c2)c(C)c1. The normalized spacial score (nSPS) is 10.9. The predicted octanol–water partition coefficient (Wildman–Crippen LogP) is 7.59. The monoisotopic (exact) mass is 421 g/mol. The molecule has 0 unspecified atom stereocenters. The molecule has 2 heteroatoms. The van der Waals surface area contributed by atoms with Crippen LogP contribution in [0.5, 0.6) is 0 Å². The van der Waals surface area contributed by atoms with Crippen LogP contribution < -0.4 is 4.90 Å². The maximum absolute atomic E-state index is 9.14. The van der Waals surface area contributed by atoms with Crippen molar-refractivity contribution >= 4 is 17.1 Å². The number of aryl methyl sites for hydroxylation is 4. The minimum absolute atomic E-state index is 0.181. The van der Waals surface area contributed by atoms with Crippen LogP contribution in [0.3, 0.4) is 0 Å². The highest BCUT2D eigenvalue weighted by Crippen LogP contribution is 2.38. The Morgan fingerprint density at radius 2 is 1.22 bits per heavy atom. The minimum Gasteiger partial charge on any atom is -0.396 e. The number of rotatable bonds is 6. The van der Waals surface area contributed by atoms with Crippen LogP contribution in [0.2, 0.25) is 0 Å². The van der Waals surface area contributed by atoms with Crippen molar-refractivity contribution in [2.75, 3.05) is 11.5 Å². The molecular weight excluding hydrogens is 390 g/mol. The average Bonchev–Trinajstić information content (AvgIpc) is 2.79. The minimum atomic E-state index is 0.181. The molecule has 0 aliphatic rings. The summed E-state index contributed by atoms with van der Waals surface area (Å²) in [5.41, 5.74) is 12.1. The lowest BCUT2D eigenvalue weighted by atomic mass is 10.0. The summed E-state index contributed by atoms with van der Waals surface area (Å²) in [5, 5.41) is 9.14. The van der Waals surface area contributed by atoms with Crippen molar-refractivity contribution in [2.45, 2.75) is 34.1 Å². The molecule has 0 spiro atoms. The molecule has 1 N–H and O–H groups in total. The van der Waals surface area contributed by atoms with Crippen LogP contribution in [-0.4, -0.2) is 11.7 Å². The van der Waals surface area contributed by atoms with Crippen LogP contribution in [0.25, 0.3) is 11.1 Å². The number of hydrogen-bond acceptors (Lipinski definition) is 2. The summed E-state index contributed by atoms with van der Waals surface area (Å²) in [6.07, 6.45) is 0.694. The fourth-order valence-corrected chi connectivity index (χ4v) is 4.14. The summed E-state index contributed by atoms with van der Waals surface area (Å²) in [7, 11) is 0. The number of aliphatic hydroxyl groups excluding tert-OH is 1. The van der Waals surface area contributed by atoms with E-state index in [4.69, 9.17) is 5.11 Å². The van der Waals surface area contributed by atoms with Gasteiger partial charge in [0.1, 0.15) is 0 Å². The fraction of sp³-hybridized carbons (Fsp3) is 0.200. The van der Waals surface area contributed by atoms with E-state index >= 15 is 0 Å². The smallest absolute Gasteiger partial charge is 0.0490 e. The molecule has 0 amide bonds. The Hall–Kier alpha value is -3.36. The zero-order valence-corrected chi connectivity index (χ0v) is 19.4. The Kier molecular flexibility index (Phi) is 6.43. The molecule has 32 heavy (non-hydrogen) atoms. The maximum atomic E-state index is 9.14. The van der Waals surface area contributed by atoms with E-state index in [1.54, 1.807) is 0 Å². The fourth-order valence-electron chi connectivity index (χ4n) is 4.14. The zero-order valence-electron chi connectivity index (χ0n) is 19.4. The van der Waals surface area contributed by atoms with Gasteiger partial charge in [-0.1, -0.05) is 60.2 Å². The Labute approximate surface area is 191 Å². The third kappa shape index (κ3) is 4.61. The first-order valence-corrected chi connectivity index (χ1v) is 11.2. The summed E-state index contributed by atoms with van der Waals surface area (Å²) in [6, 6.07) is 30.5. The van der Waals surface area contributed by atoms with Gasteiger partial charge >= 0.3 is 0 Å². The first-order valence-electron chi connectivity index (χ1n) is 11.2. The van der Waals surface area contributed by atoms with Crippen LogP contribution in [0.4, 0.5) is 17.1 Å². The van der Waals surface area contributed by atoms with Gasteiger partial charge in [0.2, 0.25) is 0 Å². The van der Waals surface area contributed by atoms with E-state index in [0.717, 1.165) is 11.3 Å². The molecule has 162 valence electrons. The summed E-state index contributed by atoms with van der Waals surface area (Å²) < 4.78 is 0. The second-order valence-electron chi connectivity index (χ2n) is 8.61. The van der Waals surface area contributed by atoms with E-state index in [0.29, 0.717) is 6.42 Å². The van der Waals surface area contributed by atoms with Gasteiger partial charge in [-0.15, -0.1) is 0 Å². The van der Waals surface area contributed by atoms with Crippen molar-refractivity contribution < 1.29 is 5.11 Å². The van der Waals surface area contributed by atoms with Crippen LogP contribution in [0.1, 0.15) is 27.8 Å². The van der Waals surface area contributed by atoms with E-state index in [1.807, 2.05) is 0 Å². The lowest BCUT2D eigenvalue weighted by Crippen LogP contribution is -2.11. The van der Waals surface area contributed by atoms with Crippen LogP contribution in [0, 0.1) is 27.7 Å². The van der Waals surface area contributed by atoms with Gasteiger partial charge in [0.15, 0.2) is 0 Å². The Morgan fingerprint density at radius 1 is 0.594 bits per heavy atom. The van der Waals surface area contributed by atoms with Crippen molar-refractivity contribution in [1.29, 1.82) is 0 Å². The maximum Gasteiger partial charge on any atom is 0.0490 e. The predicted molar refractivity (Wildman–Crippen MR) is 136 cm³/mol. The summed E-state index contributed by atoms with van der Waals surface area (Å²) in [6.45, 7) is 8.82. The molecule has 0 bridgehead atoms. The Morgan fingerprint density at radius 3 is 1.81 bits per heavy atom. The molecule has 0 atom stereocenters. The topological polar surface area (TPSA) is 23.5 Å². The van der Waals surface area contributed by atoms with Crippen molar-refractivity contribution in [3.8, 4) is 11.1 Å².